The van der Waals surface area contributed by atoms with Crippen LogP contribution in [0.15, 0.2) is 0 Å². The molecule has 120 valence electrons. The molecule has 0 unspecified atom stereocenters. The van der Waals surface area contributed by atoms with Crippen LogP contribution in [0.2, 0.25) is 0 Å². The Kier molecular flexibility index (Phi) is 92.7. The summed E-state index contributed by atoms with van der Waals surface area (Å²) in [6.07, 6.45) is 0.444. The van der Waals surface area contributed by atoms with Crippen molar-refractivity contribution in [3.63, 3.8) is 0 Å². The Morgan fingerprint density at radius 1 is 0.458 bits per heavy atom. The molecule has 0 saturated carbocycles. The van der Waals surface area contributed by atoms with Crippen molar-refractivity contribution in [1.29, 1.82) is 0 Å². The first kappa shape index (κ1) is 50.1. The van der Waals surface area contributed by atoms with Crippen molar-refractivity contribution in [1.82, 2.24) is 0 Å². The average Bonchev–Trinajstić information content (AvgIpc) is 2.40. The van der Waals surface area contributed by atoms with Crippen LogP contribution in [0.3, 0.4) is 0 Å². The van der Waals surface area contributed by atoms with Crippen molar-refractivity contribution in [2.75, 3.05) is 0 Å². The van der Waals surface area contributed by atoms with Gasteiger partial charge in [0.2, 0.25) is 0 Å². The van der Waals surface area contributed by atoms with Gasteiger partial charge in [0.15, 0.2) is 0 Å². The second-order valence-electron chi connectivity index (χ2n) is 2.90. The Labute approximate surface area is 231 Å². The molecule has 8 nitrogen and oxygen atoms in total. The molecule has 0 aromatic rings. The maximum atomic E-state index is 9.26. The second-order valence-corrected chi connectivity index (χ2v) is 2.90. The van der Waals surface area contributed by atoms with E-state index in [2.05, 4.69) is 0 Å². The van der Waals surface area contributed by atoms with Crippen molar-refractivity contribution in [2.24, 2.45) is 0 Å². The molecule has 0 aromatic heterocycles. The Hall–Kier alpha value is 1.88. The number of hydrogen-bond donors (Lipinski definition) is 0. The van der Waals surface area contributed by atoms with Gasteiger partial charge in [0.1, 0.15) is 0 Å². The Morgan fingerprint density at radius 3 is 0.500 bits per heavy atom. The molecule has 0 heterocycles. The molecule has 0 aliphatic carbocycles. The topological polar surface area (TPSA) is 161 Å². The average molecular weight is 384 g/mol. The van der Waals surface area contributed by atoms with Crippen molar-refractivity contribution < 1.29 is 158 Å². The summed E-state index contributed by atoms with van der Waals surface area (Å²) in [7, 11) is 0. The van der Waals surface area contributed by atoms with Crippen LogP contribution in [0.5, 0.6) is 0 Å². The normalized spacial score (nSPS) is 6.17. The molecule has 0 amide bonds. The fourth-order valence-corrected chi connectivity index (χ4v) is 0. The Bertz CT molecular complexity index is 232. The molecule has 12 heteroatoms. The minimum atomic E-state index is -0.995. The van der Waals surface area contributed by atoms with Crippen molar-refractivity contribution >= 4 is 23.9 Å². The van der Waals surface area contributed by atoms with Crippen LogP contribution in [0.25, 0.3) is 0 Å². The molecule has 0 aliphatic heterocycles. The molecular formula is C12H20Na4O8. The predicted octanol–water partition coefficient (Wildman–Crippen LogP) is -15.4. The maximum absolute atomic E-state index is 9.26. The molecule has 0 spiro atoms. The molecule has 0 saturated heterocycles. The number of rotatable bonds is 4. The number of aliphatic carboxylic acids is 4. The van der Waals surface area contributed by atoms with Crippen LogP contribution in [0.4, 0.5) is 0 Å². The number of carbonyl (C=O) groups is 4. The molecule has 0 aromatic carbocycles. The summed E-state index contributed by atoms with van der Waals surface area (Å²) in [6.45, 7) is 6.15. The van der Waals surface area contributed by atoms with E-state index >= 15 is 0 Å². The molecule has 0 bridgehead atoms. The molecule has 0 fully saturated rings. The zero-order valence-corrected chi connectivity index (χ0v) is 24.1. The molecular weight excluding hydrogens is 364 g/mol. The Morgan fingerprint density at radius 2 is 0.500 bits per heavy atom. The van der Waals surface area contributed by atoms with Gasteiger partial charge in [0.05, 0.1) is 0 Å². The number of carbonyl (C=O) groups excluding carboxylic acids is 4. The van der Waals surface area contributed by atoms with E-state index in [0.717, 1.165) is 0 Å². The van der Waals surface area contributed by atoms with E-state index in [1.165, 1.54) is 27.7 Å². The third kappa shape index (κ3) is 128. The van der Waals surface area contributed by atoms with Gasteiger partial charge in [-0.2, -0.15) is 0 Å². The van der Waals surface area contributed by atoms with Crippen LogP contribution >= 0.6 is 0 Å². The fourth-order valence-electron chi connectivity index (χ4n) is 0. The van der Waals surface area contributed by atoms with Crippen molar-refractivity contribution in [2.45, 2.75) is 53.4 Å². The van der Waals surface area contributed by atoms with E-state index < -0.39 is 23.9 Å². The fraction of sp³-hybridized carbons (Fsp3) is 0.667. The quantitative estimate of drug-likeness (QED) is 0.432. The van der Waals surface area contributed by atoms with Gasteiger partial charge in [0.25, 0.3) is 0 Å². The van der Waals surface area contributed by atoms with E-state index in [4.69, 9.17) is 0 Å². The maximum Gasteiger partial charge on any atom is 1.00 e. The zero-order valence-electron chi connectivity index (χ0n) is 16.1. The van der Waals surface area contributed by atoms with E-state index in [1.54, 1.807) is 0 Å². The number of hydrogen-bond acceptors (Lipinski definition) is 8. The first-order valence-electron chi connectivity index (χ1n) is 5.88. The van der Waals surface area contributed by atoms with E-state index in [1.807, 2.05) is 0 Å². The van der Waals surface area contributed by atoms with Gasteiger partial charge in [-0.3, -0.25) is 0 Å². The number of carboxylic acid groups (broad SMARTS) is 4. The monoisotopic (exact) mass is 384 g/mol. The largest absolute Gasteiger partial charge is 1.00 e. The summed E-state index contributed by atoms with van der Waals surface area (Å²) in [5.41, 5.74) is 0. The van der Waals surface area contributed by atoms with E-state index in [9.17, 15) is 39.6 Å². The van der Waals surface area contributed by atoms with Crippen LogP contribution in [0.1, 0.15) is 53.4 Å². The standard InChI is InChI=1S/4C3H6O2.4Na/c4*1-2-3(4)5;;;;/h4*2H2,1H3,(H,4,5);;;;/q;;;;4*+1/p-4. The minimum absolute atomic E-state index is 0. The minimum Gasteiger partial charge on any atom is -0.550 e. The van der Waals surface area contributed by atoms with E-state index in [0.29, 0.717) is 0 Å². The van der Waals surface area contributed by atoms with Crippen LogP contribution in [-0.4, -0.2) is 23.9 Å². The van der Waals surface area contributed by atoms with E-state index in [-0.39, 0.29) is 144 Å². The Balaban J connectivity index is -0.0000000225. The van der Waals surface area contributed by atoms with Crippen molar-refractivity contribution in [3.8, 4) is 0 Å². The summed E-state index contributed by atoms with van der Waals surface area (Å²) in [6, 6.07) is 0. The van der Waals surface area contributed by atoms with Gasteiger partial charge >= 0.3 is 118 Å². The summed E-state index contributed by atoms with van der Waals surface area (Å²) >= 11 is 0. The summed E-state index contributed by atoms with van der Waals surface area (Å²) in [5.74, 6) is -3.98. The zero-order chi connectivity index (χ0) is 17.1. The third-order valence-electron chi connectivity index (χ3n) is 1.15. The molecule has 24 heavy (non-hydrogen) atoms. The second kappa shape index (κ2) is 44.4. The third-order valence-corrected chi connectivity index (χ3v) is 1.15. The number of carboxylic acids is 4. The van der Waals surface area contributed by atoms with Gasteiger partial charge in [-0.15, -0.1) is 0 Å². The van der Waals surface area contributed by atoms with Gasteiger partial charge in [-0.05, 0) is 25.7 Å². The van der Waals surface area contributed by atoms with Gasteiger partial charge in [-0.25, -0.2) is 0 Å². The van der Waals surface area contributed by atoms with Gasteiger partial charge in [0, 0.05) is 23.9 Å². The summed E-state index contributed by atoms with van der Waals surface area (Å²) in [5, 5.41) is 37.0. The molecule has 0 aliphatic rings. The SMILES string of the molecule is CCC(=O)[O-].CCC(=O)[O-].CCC(=O)[O-].CCC(=O)[O-].[Na+].[Na+].[Na+].[Na+]. The van der Waals surface area contributed by atoms with Crippen LogP contribution in [-0.2, 0) is 19.2 Å². The van der Waals surface area contributed by atoms with Crippen LogP contribution < -0.4 is 139 Å². The van der Waals surface area contributed by atoms with Crippen LogP contribution in [0, 0.1) is 0 Å². The molecule has 0 atom stereocenters. The summed E-state index contributed by atoms with van der Waals surface area (Å²) in [4.78, 5) is 37.0. The summed E-state index contributed by atoms with van der Waals surface area (Å²) < 4.78 is 0. The van der Waals surface area contributed by atoms with Crippen molar-refractivity contribution in [3.05, 3.63) is 0 Å². The first-order valence-corrected chi connectivity index (χ1v) is 5.88. The molecule has 0 rings (SSSR count). The van der Waals surface area contributed by atoms with Gasteiger partial charge in [-0.1, -0.05) is 27.7 Å². The molecule has 0 radical (unpaired) electrons. The molecule has 0 N–H and O–H groups in total. The smallest absolute Gasteiger partial charge is 0.550 e. The van der Waals surface area contributed by atoms with Gasteiger partial charge < -0.3 is 39.6 Å². The predicted molar refractivity (Wildman–Crippen MR) is 61.2 cm³/mol. The first-order chi connectivity index (χ1) is 9.08.